The topological polar surface area (TPSA) is 78.1 Å². The van der Waals surface area contributed by atoms with E-state index in [0.29, 0.717) is 46.8 Å². The fourth-order valence-electron chi connectivity index (χ4n) is 4.23. The van der Waals surface area contributed by atoms with E-state index >= 15 is 0 Å². The van der Waals surface area contributed by atoms with E-state index in [0.717, 1.165) is 16.7 Å². The summed E-state index contributed by atoms with van der Waals surface area (Å²) in [6.07, 6.45) is 2.08. The first-order chi connectivity index (χ1) is 16.0. The van der Waals surface area contributed by atoms with Crippen LogP contribution >= 0.6 is 0 Å². The number of fused-ring (bicyclic) bond motifs is 2. The van der Waals surface area contributed by atoms with E-state index in [2.05, 4.69) is 0 Å². The molecule has 0 fully saturated rings. The van der Waals surface area contributed by atoms with Crippen molar-refractivity contribution in [2.75, 3.05) is 7.11 Å². The summed E-state index contributed by atoms with van der Waals surface area (Å²) in [4.78, 5) is 11.0. The van der Waals surface area contributed by atoms with Crippen LogP contribution in [0, 0.1) is 5.82 Å². The van der Waals surface area contributed by atoms with Crippen molar-refractivity contribution >= 4 is 16.9 Å². The third kappa shape index (κ3) is 4.09. The second-order valence-corrected chi connectivity index (χ2v) is 7.85. The van der Waals surface area contributed by atoms with E-state index < -0.39 is 12.1 Å². The molecule has 0 aliphatic heterocycles. The van der Waals surface area contributed by atoms with E-state index in [4.69, 9.17) is 23.7 Å². The highest BCUT2D eigenvalue weighted by Crippen LogP contribution is 2.43. The Kier molecular flexibility index (Phi) is 5.38. The molecule has 1 aliphatic carbocycles. The predicted molar refractivity (Wildman–Crippen MR) is 119 cm³/mol. The lowest BCUT2D eigenvalue weighted by Crippen LogP contribution is -2.06. The summed E-state index contributed by atoms with van der Waals surface area (Å²) in [6, 6.07) is 15.5. The molecule has 7 heteroatoms. The minimum atomic E-state index is -0.927. The molecule has 0 spiro atoms. The van der Waals surface area contributed by atoms with E-state index in [1.165, 1.54) is 12.3 Å². The number of hydrogen-bond donors (Lipinski definition) is 1. The Morgan fingerprint density at radius 3 is 2.61 bits per heavy atom. The summed E-state index contributed by atoms with van der Waals surface area (Å²) in [5.74, 6) is 1.22. The van der Waals surface area contributed by atoms with Gasteiger partial charge in [-0.25, -0.2) is 4.39 Å². The number of furan rings is 1. The van der Waals surface area contributed by atoms with Crippen molar-refractivity contribution in [3.63, 3.8) is 0 Å². The van der Waals surface area contributed by atoms with Gasteiger partial charge in [-0.1, -0.05) is 0 Å². The molecule has 0 saturated carbocycles. The van der Waals surface area contributed by atoms with Crippen molar-refractivity contribution in [2.24, 2.45) is 0 Å². The molecule has 0 radical (unpaired) electrons. The first kappa shape index (κ1) is 20.9. The molecule has 1 atom stereocenters. The number of aliphatic carboxylic acids is 1. The Balaban J connectivity index is 1.39. The molecule has 1 aliphatic rings. The standard InChI is InChI=1S/C26H21FO6/c1-30-16-2-4-17(5-3-16)32-22-11-9-21(27)26-20(22)8-10-23(26)33-18-6-7-19-15(12-25(28)29)14-31-24(19)13-18/h2-7,9,11,13-14,23H,8,10,12H2,1H3,(H,28,29). The van der Waals surface area contributed by atoms with Crippen molar-refractivity contribution in [3.05, 3.63) is 83.4 Å². The number of carboxylic acids is 1. The zero-order valence-corrected chi connectivity index (χ0v) is 17.8. The molecule has 5 rings (SSSR count). The number of benzene rings is 3. The van der Waals surface area contributed by atoms with Crippen LogP contribution in [0.3, 0.4) is 0 Å². The van der Waals surface area contributed by atoms with E-state index in [-0.39, 0.29) is 12.2 Å². The highest BCUT2D eigenvalue weighted by Gasteiger charge is 2.31. The molecule has 0 bridgehead atoms. The van der Waals surface area contributed by atoms with Gasteiger partial charge in [0.05, 0.1) is 19.8 Å². The lowest BCUT2D eigenvalue weighted by Gasteiger charge is -2.17. The van der Waals surface area contributed by atoms with Gasteiger partial charge in [0.2, 0.25) is 0 Å². The fourth-order valence-corrected chi connectivity index (χ4v) is 4.23. The largest absolute Gasteiger partial charge is 0.497 e. The second-order valence-electron chi connectivity index (χ2n) is 7.85. The molecular weight excluding hydrogens is 427 g/mol. The Hall–Kier alpha value is -4.00. The summed E-state index contributed by atoms with van der Waals surface area (Å²) in [7, 11) is 1.60. The SMILES string of the molecule is COc1ccc(Oc2ccc(F)c3c2CCC3Oc2ccc3c(CC(=O)O)coc3c2)cc1. The number of ether oxygens (including phenoxy) is 3. The van der Waals surface area contributed by atoms with E-state index in [1.54, 1.807) is 55.6 Å². The number of carbonyl (C=O) groups is 1. The first-order valence-electron chi connectivity index (χ1n) is 10.5. The molecule has 1 N–H and O–H groups in total. The molecule has 168 valence electrons. The summed E-state index contributed by atoms with van der Waals surface area (Å²) < 4.78 is 37.6. The van der Waals surface area contributed by atoms with Crippen LogP contribution < -0.4 is 14.2 Å². The van der Waals surface area contributed by atoms with Crippen molar-refractivity contribution in [1.82, 2.24) is 0 Å². The van der Waals surface area contributed by atoms with Gasteiger partial charge in [0, 0.05) is 28.1 Å². The number of carboxylic acid groups (broad SMARTS) is 1. The van der Waals surface area contributed by atoms with Gasteiger partial charge in [0.25, 0.3) is 0 Å². The molecule has 33 heavy (non-hydrogen) atoms. The van der Waals surface area contributed by atoms with Gasteiger partial charge >= 0.3 is 5.97 Å². The molecule has 0 saturated heterocycles. The first-order valence-corrected chi connectivity index (χ1v) is 10.5. The van der Waals surface area contributed by atoms with Crippen LogP contribution in [0.2, 0.25) is 0 Å². The van der Waals surface area contributed by atoms with Crippen molar-refractivity contribution in [3.8, 4) is 23.0 Å². The fraction of sp³-hybridized carbons (Fsp3) is 0.192. The molecule has 1 heterocycles. The quantitative estimate of drug-likeness (QED) is 0.370. The maximum Gasteiger partial charge on any atom is 0.307 e. The predicted octanol–water partition coefficient (Wildman–Crippen LogP) is 6.07. The number of hydrogen-bond acceptors (Lipinski definition) is 5. The summed E-state index contributed by atoms with van der Waals surface area (Å²) in [5.41, 5.74) is 2.41. The molecule has 1 aromatic heterocycles. The van der Waals surface area contributed by atoms with E-state index in [1.807, 2.05) is 0 Å². The van der Waals surface area contributed by atoms with Gasteiger partial charge in [-0.2, -0.15) is 0 Å². The van der Waals surface area contributed by atoms with Gasteiger partial charge in [-0.05, 0) is 61.4 Å². The van der Waals surface area contributed by atoms with Crippen LogP contribution in [-0.2, 0) is 17.6 Å². The molecule has 6 nitrogen and oxygen atoms in total. The van der Waals surface area contributed by atoms with Crippen molar-refractivity contribution in [2.45, 2.75) is 25.4 Å². The van der Waals surface area contributed by atoms with Crippen LogP contribution in [0.5, 0.6) is 23.0 Å². The van der Waals surface area contributed by atoms with Gasteiger partial charge in [-0.15, -0.1) is 0 Å². The summed E-state index contributed by atoms with van der Waals surface area (Å²) >= 11 is 0. The van der Waals surface area contributed by atoms with Crippen molar-refractivity contribution in [1.29, 1.82) is 0 Å². The lowest BCUT2D eigenvalue weighted by atomic mass is 10.1. The highest BCUT2D eigenvalue weighted by atomic mass is 19.1. The van der Waals surface area contributed by atoms with Gasteiger partial charge in [0.1, 0.15) is 40.5 Å². The second kappa shape index (κ2) is 8.50. The molecule has 0 amide bonds. The third-order valence-corrected chi connectivity index (χ3v) is 5.77. The van der Waals surface area contributed by atoms with Gasteiger partial charge in [0.15, 0.2) is 0 Å². The zero-order chi connectivity index (χ0) is 22.9. The van der Waals surface area contributed by atoms with Crippen LogP contribution in [0.4, 0.5) is 4.39 Å². The summed E-state index contributed by atoms with van der Waals surface area (Å²) in [5, 5.41) is 9.75. The molecule has 1 unspecified atom stereocenters. The smallest absolute Gasteiger partial charge is 0.307 e. The highest BCUT2D eigenvalue weighted by molar-refractivity contribution is 5.86. The number of rotatable bonds is 7. The average Bonchev–Trinajstić information content (AvgIpc) is 3.41. The minimum Gasteiger partial charge on any atom is -0.497 e. The normalized spacial score (nSPS) is 14.8. The molecule has 4 aromatic rings. The van der Waals surface area contributed by atoms with Gasteiger partial charge < -0.3 is 23.7 Å². The van der Waals surface area contributed by atoms with Crippen molar-refractivity contribution < 1.29 is 32.9 Å². The van der Waals surface area contributed by atoms with Crippen LogP contribution in [0.25, 0.3) is 11.0 Å². The van der Waals surface area contributed by atoms with Crippen LogP contribution in [0.15, 0.2) is 65.3 Å². The Morgan fingerprint density at radius 1 is 1.09 bits per heavy atom. The monoisotopic (exact) mass is 448 g/mol. The summed E-state index contributed by atoms with van der Waals surface area (Å²) in [6.45, 7) is 0. The molecule has 3 aromatic carbocycles. The number of methoxy groups -OCH3 is 1. The average molecular weight is 448 g/mol. The van der Waals surface area contributed by atoms with Crippen LogP contribution in [-0.4, -0.2) is 18.2 Å². The third-order valence-electron chi connectivity index (χ3n) is 5.77. The minimum absolute atomic E-state index is 0.120. The molecular formula is C26H21FO6. The van der Waals surface area contributed by atoms with Crippen LogP contribution in [0.1, 0.15) is 29.2 Å². The Labute approximate surface area is 189 Å². The number of halogens is 1. The maximum atomic E-state index is 14.8. The zero-order valence-electron chi connectivity index (χ0n) is 17.8. The Morgan fingerprint density at radius 2 is 1.85 bits per heavy atom. The van der Waals surface area contributed by atoms with Gasteiger partial charge in [-0.3, -0.25) is 4.79 Å². The maximum absolute atomic E-state index is 14.8. The lowest BCUT2D eigenvalue weighted by molar-refractivity contribution is -0.136. The van der Waals surface area contributed by atoms with E-state index in [9.17, 15) is 9.18 Å². The Bertz CT molecular complexity index is 1320.